The van der Waals surface area contributed by atoms with Crippen LogP contribution in [0.3, 0.4) is 0 Å². The molecule has 0 radical (unpaired) electrons. The van der Waals surface area contributed by atoms with Crippen LogP contribution in [0.1, 0.15) is 16.1 Å². The van der Waals surface area contributed by atoms with Crippen molar-refractivity contribution in [1.29, 1.82) is 0 Å². The van der Waals surface area contributed by atoms with Gasteiger partial charge in [-0.1, -0.05) is 6.07 Å². The Labute approximate surface area is 137 Å². The van der Waals surface area contributed by atoms with Crippen LogP contribution in [0, 0.1) is 0 Å². The number of rotatable bonds is 5. The first-order valence-electron chi connectivity index (χ1n) is 6.58. The molecular weight excluding hydrogens is 333 g/mol. The van der Waals surface area contributed by atoms with Crippen LogP contribution >= 0.6 is 12.4 Å². The summed E-state index contributed by atoms with van der Waals surface area (Å²) in [6.45, 7) is 1.03. The van der Waals surface area contributed by atoms with Crippen molar-refractivity contribution in [2.24, 2.45) is 0 Å². The van der Waals surface area contributed by atoms with E-state index in [0.717, 1.165) is 16.9 Å². The standard InChI is InChI=1S/C14H15F3N4O.ClH/c1-18-7-8-19-13(22)10-3-2-4-11(9-10)21-12(5-6-20-21)14(15,16)17;/h2-6,9,18H,7-8H2,1H3,(H,19,22);1H. The summed E-state index contributed by atoms with van der Waals surface area (Å²) in [6.07, 6.45) is -3.44. The van der Waals surface area contributed by atoms with Gasteiger partial charge in [-0.15, -0.1) is 12.4 Å². The first kappa shape index (κ1) is 19.0. The van der Waals surface area contributed by atoms with Crippen LogP contribution < -0.4 is 10.6 Å². The summed E-state index contributed by atoms with van der Waals surface area (Å²) < 4.78 is 39.4. The van der Waals surface area contributed by atoms with Crippen LogP contribution in [0.5, 0.6) is 0 Å². The molecular formula is C14H16ClF3N4O. The zero-order chi connectivity index (χ0) is 16.2. The summed E-state index contributed by atoms with van der Waals surface area (Å²) >= 11 is 0. The van der Waals surface area contributed by atoms with E-state index in [9.17, 15) is 18.0 Å². The van der Waals surface area contributed by atoms with E-state index in [2.05, 4.69) is 15.7 Å². The number of carbonyl (C=O) groups excluding carboxylic acids is 1. The van der Waals surface area contributed by atoms with Gasteiger partial charge in [0.15, 0.2) is 0 Å². The normalized spacial score (nSPS) is 11.0. The molecule has 23 heavy (non-hydrogen) atoms. The molecule has 2 aromatic rings. The second-order valence-electron chi connectivity index (χ2n) is 4.54. The van der Waals surface area contributed by atoms with Crippen LogP contribution in [0.15, 0.2) is 36.5 Å². The minimum absolute atomic E-state index is 0. The largest absolute Gasteiger partial charge is 0.433 e. The smallest absolute Gasteiger partial charge is 0.351 e. The van der Waals surface area contributed by atoms with Crippen LogP contribution in [0.2, 0.25) is 0 Å². The number of benzene rings is 1. The number of carbonyl (C=O) groups is 1. The van der Waals surface area contributed by atoms with Crippen molar-refractivity contribution in [2.45, 2.75) is 6.18 Å². The molecule has 0 saturated carbocycles. The predicted molar refractivity (Wildman–Crippen MR) is 82.1 cm³/mol. The van der Waals surface area contributed by atoms with Gasteiger partial charge in [0.2, 0.25) is 0 Å². The molecule has 0 aliphatic heterocycles. The van der Waals surface area contributed by atoms with Crippen LogP contribution in [-0.4, -0.2) is 35.8 Å². The molecule has 0 spiro atoms. The van der Waals surface area contributed by atoms with E-state index in [4.69, 9.17) is 0 Å². The molecule has 0 atom stereocenters. The van der Waals surface area contributed by atoms with Crippen molar-refractivity contribution >= 4 is 18.3 Å². The predicted octanol–water partition coefficient (Wildman–Crippen LogP) is 2.26. The lowest BCUT2D eigenvalue weighted by Gasteiger charge is -2.11. The van der Waals surface area contributed by atoms with Gasteiger partial charge in [0.1, 0.15) is 5.69 Å². The fourth-order valence-electron chi connectivity index (χ4n) is 1.91. The maximum atomic E-state index is 12.9. The Hall–Kier alpha value is -2.06. The van der Waals surface area contributed by atoms with Crippen molar-refractivity contribution < 1.29 is 18.0 Å². The average Bonchev–Trinajstić information content (AvgIpc) is 2.97. The molecule has 2 N–H and O–H groups in total. The first-order chi connectivity index (χ1) is 10.4. The maximum absolute atomic E-state index is 12.9. The number of hydrogen-bond donors (Lipinski definition) is 2. The fraction of sp³-hybridized carbons (Fsp3) is 0.286. The van der Waals surface area contributed by atoms with Gasteiger partial charge in [-0.3, -0.25) is 4.79 Å². The van der Waals surface area contributed by atoms with Gasteiger partial charge in [-0.25, -0.2) is 4.68 Å². The highest BCUT2D eigenvalue weighted by molar-refractivity contribution is 5.94. The van der Waals surface area contributed by atoms with E-state index in [1.165, 1.54) is 24.3 Å². The van der Waals surface area contributed by atoms with Crippen molar-refractivity contribution in [3.8, 4) is 5.69 Å². The molecule has 0 saturated heterocycles. The molecule has 1 aromatic heterocycles. The molecule has 2 rings (SSSR count). The Morgan fingerprint density at radius 2 is 2.00 bits per heavy atom. The van der Waals surface area contributed by atoms with Crippen molar-refractivity contribution in [3.63, 3.8) is 0 Å². The molecule has 126 valence electrons. The Kier molecular flexibility index (Phi) is 6.59. The zero-order valence-corrected chi connectivity index (χ0v) is 13.0. The number of likely N-dealkylation sites (N-methyl/N-ethyl adjacent to an activating group) is 1. The highest BCUT2D eigenvalue weighted by Crippen LogP contribution is 2.30. The summed E-state index contributed by atoms with van der Waals surface area (Å²) in [6, 6.07) is 6.78. The maximum Gasteiger partial charge on any atom is 0.433 e. The van der Waals surface area contributed by atoms with Crippen molar-refractivity contribution in [1.82, 2.24) is 20.4 Å². The Morgan fingerprint density at radius 1 is 1.26 bits per heavy atom. The second-order valence-corrected chi connectivity index (χ2v) is 4.54. The van der Waals surface area contributed by atoms with Gasteiger partial charge in [0.05, 0.1) is 11.9 Å². The van der Waals surface area contributed by atoms with E-state index in [1.807, 2.05) is 0 Å². The SMILES string of the molecule is CNCCNC(=O)c1cccc(-n2nccc2C(F)(F)F)c1.Cl. The number of nitrogens with one attached hydrogen (secondary N) is 2. The lowest BCUT2D eigenvalue weighted by molar-refractivity contribution is -0.142. The highest BCUT2D eigenvalue weighted by Gasteiger charge is 2.35. The van der Waals surface area contributed by atoms with E-state index in [0.29, 0.717) is 13.1 Å². The molecule has 1 amide bonds. The number of alkyl halides is 3. The number of halogens is 4. The second kappa shape index (κ2) is 7.98. The van der Waals surface area contributed by atoms with Gasteiger partial charge < -0.3 is 10.6 Å². The number of hydrogen-bond acceptors (Lipinski definition) is 3. The molecule has 0 bridgehead atoms. The molecule has 9 heteroatoms. The first-order valence-corrected chi connectivity index (χ1v) is 6.58. The topological polar surface area (TPSA) is 58.9 Å². The highest BCUT2D eigenvalue weighted by atomic mass is 35.5. The molecule has 1 heterocycles. The quantitative estimate of drug-likeness (QED) is 0.815. The van der Waals surface area contributed by atoms with Gasteiger partial charge in [0.25, 0.3) is 5.91 Å². The van der Waals surface area contributed by atoms with E-state index in [1.54, 1.807) is 7.05 Å². The molecule has 0 fully saturated rings. The van der Waals surface area contributed by atoms with Crippen molar-refractivity contribution in [3.05, 3.63) is 47.8 Å². The van der Waals surface area contributed by atoms with Gasteiger partial charge in [-0.05, 0) is 31.3 Å². The monoisotopic (exact) mass is 348 g/mol. The lowest BCUT2D eigenvalue weighted by Crippen LogP contribution is -2.30. The number of amides is 1. The zero-order valence-electron chi connectivity index (χ0n) is 12.2. The number of aromatic nitrogens is 2. The Bertz CT molecular complexity index is 657. The third kappa shape index (κ3) is 4.70. The molecule has 0 aliphatic carbocycles. The van der Waals surface area contributed by atoms with E-state index < -0.39 is 11.9 Å². The minimum Gasteiger partial charge on any atom is -0.351 e. The minimum atomic E-state index is -4.51. The summed E-state index contributed by atoms with van der Waals surface area (Å²) in [7, 11) is 1.75. The number of nitrogens with zero attached hydrogens (tertiary/aromatic N) is 2. The summed E-state index contributed by atoms with van der Waals surface area (Å²) in [5.74, 6) is -0.349. The average molecular weight is 349 g/mol. The van der Waals surface area contributed by atoms with E-state index in [-0.39, 0.29) is 29.6 Å². The van der Waals surface area contributed by atoms with E-state index >= 15 is 0 Å². The van der Waals surface area contributed by atoms with Crippen LogP contribution in [-0.2, 0) is 6.18 Å². The fourth-order valence-corrected chi connectivity index (χ4v) is 1.91. The summed E-state index contributed by atoms with van der Waals surface area (Å²) in [5, 5.41) is 9.23. The van der Waals surface area contributed by atoms with Gasteiger partial charge in [-0.2, -0.15) is 18.3 Å². The molecule has 1 aromatic carbocycles. The summed E-state index contributed by atoms with van der Waals surface area (Å²) in [4.78, 5) is 11.9. The van der Waals surface area contributed by atoms with Gasteiger partial charge in [0, 0.05) is 18.7 Å². The molecule has 0 unspecified atom stereocenters. The third-order valence-corrected chi connectivity index (χ3v) is 2.95. The molecule has 0 aliphatic rings. The van der Waals surface area contributed by atoms with Crippen LogP contribution in [0.4, 0.5) is 13.2 Å². The van der Waals surface area contributed by atoms with Crippen LogP contribution in [0.25, 0.3) is 5.69 Å². The van der Waals surface area contributed by atoms with Crippen molar-refractivity contribution in [2.75, 3.05) is 20.1 Å². The van der Waals surface area contributed by atoms with Gasteiger partial charge >= 0.3 is 6.18 Å². The molecule has 5 nitrogen and oxygen atoms in total. The lowest BCUT2D eigenvalue weighted by atomic mass is 10.2. The Morgan fingerprint density at radius 3 is 2.65 bits per heavy atom. The Balaban J connectivity index is 0.00000264. The third-order valence-electron chi connectivity index (χ3n) is 2.95. The summed E-state index contributed by atoms with van der Waals surface area (Å²) in [5.41, 5.74) is -0.434.